The van der Waals surface area contributed by atoms with Gasteiger partial charge in [0.15, 0.2) is 0 Å². The maximum absolute atomic E-state index is 12.9. The molecule has 168 valence electrons. The molecule has 6 heteroatoms. The molecule has 0 amide bonds. The first kappa shape index (κ1) is 22.5. The molecule has 0 unspecified atom stereocenters. The monoisotopic (exact) mass is 442 g/mol. The Hall–Kier alpha value is -1.73. The first-order valence-electron chi connectivity index (χ1n) is 11.5. The summed E-state index contributed by atoms with van der Waals surface area (Å²) in [4.78, 5) is 2.91. The molecule has 0 spiro atoms. The Morgan fingerprint density at radius 3 is 2.06 bits per heavy atom. The van der Waals surface area contributed by atoms with Gasteiger partial charge in [-0.2, -0.15) is 4.31 Å². The van der Waals surface area contributed by atoms with Gasteiger partial charge in [0.2, 0.25) is 10.0 Å². The van der Waals surface area contributed by atoms with Crippen molar-refractivity contribution in [1.82, 2.24) is 9.21 Å². The summed E-state index contributed by atoms with van der Waals surface area (Å²) in [5, 5.41) is 9.27. The van der Waals surface area contributed by atoms with E-state index in [0.29, 0.717) is 24.0 Å². The molecular formula is C25H34N2O3S. The van der Waals surface area contributed by atoms with Gasteiger partial charge in [0, 0.05) is 32.3 Å². The molecule has 4 rings (SSSR count). The van der Waals surface area contributed by atoms with Crippen molar-refractivity contribution >= 4 is 10.0 Å². The maximum atomic E-state index is 12.9. The van der Waals surface area contributed by atoms with Gasteiger partial charge in [-0.1, -0.05) is 36.4 Å². The predicted octanol–water partition coefficient (Wildman–Crippen LogP) is 3.77. The van der Waals surface area contributed by atoms with Crippen molar-refractivity contribution in [2.45, 2.75) is 50.0 Å². The van der Waals surface area contributed by atoms with E-state index >= 15 is 0 Å². The quantitative estimate of drug-likeness (QED) is 0.709. The molecular weight excluding hydrogens is 408 g/mol. The number of benzene rings is 2. The molecule has 2 aliphatic heterocycles. The van der Waals surface area contributed by atoms with E-state index in [2.05, 4.69) is 36.1 Å². The van der Waals surface area contributed by atoms with Crippen molar-refractivity contribution in [3.8, 4) is 11.1 Å². The Morgan fingerprint density at radius 2 is 1.52 bits per heavy atom. The van der Waals surface area contributed by atoms with Crippen LogP contribution in [0.3, 0.4) is 0 Å². The SMILES string of the molecule is C[C@@H]1CCCN1CCc1ccc(-c2ccc(S(=O)(=O)N3CCC(CO)CC3)cc2)cc1. The van der Waals surface area contributed by atoms with Gasteiger partial charge in [0.1, 0.15) is 0 Å². The number of piperidine rings is 1. The van der Waals surface area contributed by atoms with Crippen LogP contribution in [0.4, 0.5) is 0 Å². The number of likely N-dealkylation sites (tertiary alicyclic amines) is 1. The Bertz CT molecular complexity index is 949. The second-order valence-corrected chi connectivity index (χ2v) is 11.0. The maximum Gasteiger partial charge on any atom is 0.243 e. The predicted molar refractivity (Wildman–Crippen MR) is 124 cm³/mol. The number of rotatable bonds is 7. The average Bonchev–Trinajstić information content (AvgIpc) is 3.23. The van der Waals surface area contributed by atoms with E-state index in [1.165, 1.54) is 24.9 Å². The van der Waals surface area contributed by atoms with Gasteiger partial charge in [0.25, 0.3) is 0 Å². The average molecular weight is 443 g/mol. The van der Waals surface area contributed by atoms with Gasteiger partial charge in [0.05, 0.1) is 4.90 Å². The summed E-state index contributed by atoms with van der Waals surface area (Å²) >= 11 is 0. The van der Waals surface area contributed by atoms with Crippen molar-refractivity contribution in [1.29, 1.82) is 0 Å². The summed E-state index contributed by atoms with van der Waals surface area (Å²) in [5.41, 5.74) is 3.47. The zero-order chi connectivity index (χ0) is 21.8. The summed E-state index contributed by atoms with van der Waals surface area (Å²) in [6, 6.07) is 16.6. The molecule has 2 heterocycles. The van der Waals surface area contributed by atoms with Gasteiger partial charge in [-0.3, -0.25) is 0 Å². The van der Waals surface area contributed by atoms with Gasteiger partial charge in [-0.25, -0.2) is 8.42 Å². The summed E-state index contributed by atoms with van der Waals surface area (Å²) < 4.78 is 27.4. The van der Waals surface area contributed by atoms with E-state index in [-0.39, 0.29) is 12.5 Å². The lowest BCUT2D eigenvalue weighted by Gasteiger charge is -2.30. The summed E-state index contributed by atoms with van der Waals surface area (Å²) in [5.74, 6) is 0.218. The van der Waals surface area contributed by atoms with Gasteiger partial charge in [-0.05, 0) is 80.3 Å². The molecule has 0 aromatic heterocycles. The number of aliphatic hydroxyl groups excluding tert-OH is 1. The second kappa shape index (κ2) is 9.82. The molecule has 2 aliphatic rings. The van der Waals surface area contributed by atoms with Crippen LogP contribution in [0.15, 0.2) is 53.4 Å². The molecule has 1 N–H and O–H groups in total. The summed E-state index contributed by atoms with van der Waals surface area (Å²) in [7, 11) is -3.47. The normalized spacial score (nSPS) is 21.5. The molecule has 1 atom stereocenters. The number of sulfonamides is 1. The number of nitrogens with zero attached hydrogens (tertiary/aromatic N) is 2. The van der Waals surface area contributed by atoms with E-state index < -0.39 is 10.0 Å². The minimum Gasteiger partial charge on any atom is -0.396 e. The fourth-order valence-corrected chi connectivity index (χ4v) is 6.23. The first-order chi connectivity index (χ1) is 15.0. The van der Waals surface area contributed by atoms with Crippen LogP contribution < -0.4 is 0 Å². The molecule has 2 aromatic rings. The Labute approximate surface area is 186 Å². The highest BCUT2D eigenvalue weighted by molar-refractivity contribution is 7.89. The van der Waals surface area contributed by atoms with Crippen LogP contribution in [0.1, 0.15) is 38.2 Å². The van der Waals surface area contributed by atoms with Crippen molar-refractivity contribution in [2.75, 3.05) is 32.8 Å². The minimum atomic E-state index is -3.47. The van der Waals surface area contributed by atoms with Crippen LogP contribution >= 0.6 is 0 Å². The van der Waals surface area contributed by atoms with Gasteiger partial charge in [-0.15, -0.1) is 0 Å². The van der Waals surface area contributed by atoms with Gasteiger partial charge >= 0.3 is 0 Å². The van der Waals surface area contributed by atoms with Crippen molar-refractivity contribution in [2.24, 2.45) is 5.92 Å². The van der Waals surface area contributed by atoms with E-state index in [0.717, 1.165) is 36.9 Å². The highest BCUT2D eigenvalue weighted by Crippen LogP contribution is 2.26. The Morgan fingerprint density at radius 1 is 0.903 bits per heavy atom. The van der Waals surface area contributed by atoms with Crippen LogP contribution in [0.25, 0.3) is 11.1 Å². The van der Waals surface area contributed by atoms with E-state index in [1.807, 2.05) is 12.1 Å². The smallest absolute Gasteiger partial charge is 0.243 e. The van der Waals surface area contributed by atoms with E-state index in [9.17, 15) is 13.5 Å². The molecule has 2 fully saturated rings. The summed E-state index contributed by atoms with van der Waals surface area (Å²) in [6.07, 6.45) is 5.13. The molecule has 2 aromatic carbocycles. The standard InChI is InChI=1S/C25H34N2O3S/c1-20-3-2-15-26(20)16-12-21-4-6-23(7-5-21)24-8-10-25(11-9-24)31(29,30)27-17-13-22(19-28)14-18-27/h4-11,20,22,28H,2-3,12-19H2,1H3/t20-/m1/s1. The van der Waals surface area contributed by atoms with Crippen LogP contribution in [0.2, 0.25) is 0 Å². The first-order valence-corrected chi connectivity index (χ1v) is 13.0. The highest BCUT2D eigenvalue weighted by Gasteiger charge is 2.29. The van der Waals surface area contributed by atoms with Crippen molar-refractivity contribution in [3.63, 3.8) is 0 Å². The topological polar surface area (TPSA) is 60.9 Å². The summed E-state index contributed by atoms with van der Waals surface area (Å²) in [6.45, 7) is 5.74. The van der Waals surface area contributed by atoms with Crippen LogP contribution in [0.5, 0.6) is 0 Å². The lowest BCUT2D eigenvalue weighted by molar-refractivity contribution is 0.170. The highest BCUT2D eigenvalue weighted by atomic mass is 32.2. The zero-order valence-corrected chi connectivity index (χ0v) is 19.2. The third-order valence-corrected chi connectivity index (χ3v) is 8.90. The molecule has 2 saturated heterocycles. The number of hydrogen-bond acceptors (Lipinski definition) is 4. The minimum absolute atomic E-state index is 0.138. The molecule has 5 nitrogen and oxygen atoms in total. The fraction of sp³-hybridized carbons (Fsp3) is 0.520. The fourth-order valence-electron chi connectivity index (χ4n) is 4.76. The molecule has 0 saturated carbocycles. The van der Waals surface area contributed by atoms with E-state index in [1.54, 1.807) is 16.4 Å². The molecule has 0 bridgehead atoms. The second-order valence-electron chi connectivity index (χ2n) is 9.03. The van der Waals surface area contributed by atoms with Gasteiger partial charge < -0.3 is 10.0 Å². The third kappa shape index (κ3) is 5.20. The molecule has 31 heavy (non-hydrogen) atoms. The van der Waals surface area contributed by atoms with Crippen LogP contribution in [-0.4, -0.2) is 61.6 Å². The molecule has 0 radical (unpaired) electrons. The van der Waals surface area contributed by atoms with Crippen molar-refractivity contribution < 1.29 is 13.5 Å². The largest absolute Gasteiger partial charge is 0.396 e. The Balaban J connectivity index is 1.38. The molecule has 0 aliphatic carbocycles. The Kier molecular flexibility index (Phi) is 7.12. The number of hydrogen-bond donors (Lipinski definition) is 1. The third-order valence-electron chi connectivity index (χ3n) is 6.99. The zero-order valence-electron chi connectivity index (χ0n) is 18.4. The van der Waals surface area contributed by atoms with Crippen LogP contribution in [0, 0.1) is 5.92 Å². The van der Waals surface area contributed by atoms with Crippen molar-refractivity contribution in [3.05, 3.63) is 54.1 Å². The number of aliphatic hydroxyl groups is 1. The lowest BCUT2D eigenvalue weighted by Crippen LogP contribution is -2.39. The van der Waals surface area contributed by atoms with Crippen LogP contribution in [-0.2, 0) is 16.4 Å². The lowest BCUT2D eigenvalue weighted by atomic mass is 10.00. The van der Waals surface area contributed by atoms with E-state index in [4.69, 9.17) is 0 Å².